The molecule has 0 unspecified atom stereocenters. The van der Waals surface area contributed by atoms with Crippen LogP contribution in [0.15, 0.2) is 30.5 Å². The second-order valence-electron chi connectivity index (χ2n) is 6.98. The van der Waals surface area contributed by atoms with Crippen LogP contribution in [0.4, 0.5) is 0 Å². The molecule has 1 fully saturated rings. The number of piperidine rings is 1. The highest BCUT2D eigenvalue weighted by molar-refractivity contribution is 7.88. The molecule has 136 valence electrons. The van der Waals surface area contributed by atoms with Crippen molar-refractivity contribution in [3.05, 3.63) is 41.6 Å². The number of H-pyrrole nitrogens is 1. The smallest absolute Gasteiger partial charge is 0.208 e. The van der Waals surface area contributed by atoms with Crippen molar-refractivity contribution in [3.63, 3.8) is 0 Å². The number of benzene rings is 1. The molecule has 0 saturated carbocycles. The van der Waals surface area contributed by atoms with E-state index >= 15 is 0 Å². The van der Waals surface area contributed by atoms with E-state index in [0.717, 1.165) is 38.2 Å². The lowest BCUT2D eigenvalue weighted by molar-refractivity contribution is 0.179. The summed E-state index contributed by atoms with van der Waals surface area (Å²) < 4.78 is 25.1. The van der Waals surface area contributed by atoms with Crippen molar-refractivity contribution in [1.82, 2.24) is 19.8 Å². The number of aromatic nitrogens is 2. The molecule has 2 N–H and O–H groups in total. The topological polar surface area (TPSA) is 78.1 Å². The van der Waals surface area contributed by atoms with E-state index in [1.807, 2.05) is 6.20 Å². The molecular formula is C18H26N4O2S. The SMILES string of the molecule is Cc1cccc(-c2[nH]ncc2CN2CCC(CNS(C)(=O)=O)CC2)c1. The zero-order valence-electron chi connectivity index (χ0n) is 14.8. The molecular weight excluding hydrogens is 336 g/mol. The third-order valence-corrected chi connectivity index (χ3v) is 5.45. The molecule has 7 heteroatoms. The average Bonchev–Trinajstić information content (AvgIpc) is 3.02. The summed E-state index contributed by atoms with van der Waals surface area (Å²) in [5.41, 5.74) is 4.69. The predicted molar refractivity (Wildman–Crippen MR) is 99.6 cm³/mol. The van der Waals surface area contributed by atoms with E-state index in [-0.39, 0.29) is 0 Å². The number of nitrogens with one attached hydrogen (secondary N) is 2. The largest absolute Gasteiger partial charge is 0.299 e. The van der Waals surface area contributed by atoms with E-state index in [2.05, 4.69) is 51.0 Å². The summed E-state index contributed by atoms with van der Waals surface area (Å²) in [5.74, 6) is 0.423. The van der Waals surface area contributed by atoms with Gasteiger partial charge in [0.05, 0.1) is 18.1 Å². The van der Waals surface area contributed by atoms with E-state index in [9.17, 15) is 8.42 Å². The first-order chi connectivity index (χ1) is 11.9. The highest BCUT2D eigenvalue weighted by Gasteiger charge is 2.21. The number of sulfonamides is 1. The van der Waals surface area contributed by atoms with Crippen molar-refractivity contribution in [2.75, 3.05) is 25.9 Å². The molecule has 3 rings (SSSR count). The molecule has 1 saturated heterocycles. The second kappa shape index (κ2) is 7.68. The predicted octanol–water partition coefficient (Wildman–Crippen LogP) is 2.15. The fraction of sp³-hybridized carbons (Fsp3) is 0.500. The Kier molecular flexibility index (Phi) is 5.56. The Morgan fingerprint density at radius 3 is 2.76 bits per heavy atom. The summed E-state index contributed by atoms with van der Waals surface area (Å²) in [6.45, 7) is 5.47. The Bertz CT molecular complexity index is 808. The molecule has 0 radical (unpaired) electrons. The van der Waals surface area contributed by atoms with Crippen LogP contribution in [0.3, 0.4) is 0 Å². The zero-order valence-corrected chi connectivity index (χ0v) is 15.6. The molecule has 6 nitrogen and oxygen atoms in total. The van der Waals surface area contributed by atoms with Gasteiger partial charge in [0, 0.05) is 24.2 Å². The molecule has 0 bridgehead atoms. The number of nitrogens with zero attached hydrogens (tertiary/aromatic N) is 2. The normalized spacial score (nSPS) is 17.0. The highest BCUT2D eigenvalue weighted by atomic mass is 32.2. The summed E-state index contributed by atoms with van der Waals surface area (Å²) >= 11 is 0. The quantitative estimate of drug-likeness (QED) is 0.825. The molecule has 1 aliphatic rings. The van der Waals surface area contributed by atoms with E-state index in [0.29, 0.717) is 12.5 Å². The maximum absolute atomic E-state index is 11.2. The Morgan fingerprint density at radius 1 is 1.32 bits per heavy atom. The number of aryl methyl sites for hydroxylation is 1. The van der Waals surface area contributed by atoms with Crippen LogP contribution in [0.5, 0.6) is 0 Å². The van der Waals surface area contributed by atoms with Gasteiger partial charge in [-0.3, -0.25) is 10.00 Å². The fourth-order valence-electron chi connectivity index (χ4n) is 3.34. The van der Waals surface area contributed by atoms with Crippen LogP contribution in [-0.4, -0.2) is 49.4 Å². The van der Waals surface area contributed by atoms with Crippen molar-refractivity contribution >= 4 is 10.0 Å². The van der Waals surface area contributed by atoms with Gasteiger partial charge in [0.25, 0.3) is 0 Å². The lowest BCUT2D eigenvalue weighted by Gasteiger charge is -2.31. The molecule has 25 heavy (non-hydrogen) atoms. The number of rotatable bonds is 6. The standard InChI is InChI=1S/C18H26N4O2S/c1-14-4-3-5-16(10-14)18-17(12-19-21-18)13-22-8-6-15(7-9-22)11-20-25(2,23)24/h3-5,10,12,15,20H,6-9,11,13H2,1-2H3,(H,19,21). The summed E-state index contributed by atoms with van der Waals surface area (Å²) in [6, 6.07) is 8.43. The van der Waals surface area contributed by atoms with Crippen molar-refractivity contribution in [3.8, 4) is 11.3 Å². The first-order valence-corrected chi connectivity index (χ1v) is 10.6. The molecule has 2 aromatic rings. The third-order valence-electron chi connectivity index (χ3n) is 4.76. The van der Waals surface area contributed by atoms with Crippen molar-refractivity contribution in [2.45, 2.75) is 26.3 Å². The number of likely N-dealkylation sites (tertiary alicyclic amines) is 1. The van der Waals surface area contributed by atoms with E-state index in [1.165, 1.54) is 22.9 Å². The number of hydrogen-bond donors (Lipinski definition) is 2. The van der Waals surface area contributed by atoms with Crippen molar-refractivity contribution in [1.29, 1.82) is 0 Å². The highest BCUT2D eigenvalue weighted by Crippen LogP contribution is 2.25. The Morgan fingerprint density at radius 2 is 2.08 bits per heavy atom. The van der Waals surface area contributed by atoms with Gasteiger partial charge in [-0.15, -0.1) is 0 Å². The molecule has 0 spiro atoms. The molecule has 1 aromatic heterocycles. The summed E-state index contributed by atoms with van der Waals surface area (Å²) in [6.07, 6.45) is 5.16. The Balaban J connectivity index is 1.57. The van der Waals surface area contributed by atoms with Crippen molar-refractivity contribution < 1.29 is 8.42 Å². The van der Waals surface area contributed by atoms with Gasteiger partial charge in [-0.25, -0.2) is 13.1 Å². The maximum atomic E-state index is 11.2. The summed E-state index contributed by atoms with van der Waals surface area (Å²) in [4.78, 5) is 2.42. The minimum Gasteiger partial charge on any atom is -0.299 e. The van der Waals surface area contributed by atoms with Gasteiger partial charge >= 0.3 is 0 Å². The first kappa shape index (κ1) is 18.1. The lowest BCUT2D eigenvalue weighted by Crippen LogP contribution is -2.38. The van der Waals surface area contributed by atoms with Gasteiger partial charge < -0.3 is 0 Å². The van der Waals surface area contributed by atoms with Crippen LogP contribution in [0.2, 0.25) is 0 Å². The van der Waals surface area contributed by atoms with E-state index in [4.69, 9.17) is 0 Å². The van der Waals surface area contributed by atoms with Gasteiger partial charge in [-0.05, 0) is 44.8 Å². The van der Waals surface area contributed by atoms with E-state index in [1.54, 1.807) is 0 Å². The molecule has 2 heterocycles. The van der Waals surface area contributed by atoms with Gasteiger partial charge in [-0.1, -0.05) is 23.8 Å². The van der Waals surface area contributed by atoms with Crippen LogP contribution < -0.4 is 4.72 Å². The Labute approximate surface area is 149 Å². The monoisotopic (exact) mass is 362 g/mol. The minimum atomic E-state index is -3.09. The van der Waals surface area contributed by atoms with Gasteiger partial charge in [0.2, 0.25) is 10.0 Å². The minimum absolute atomic E-state index is 0.423. The average molecular weight is 362 g/mol. The first-order valence-electron chi connectivity index (χ1n) is 8.67. The molecule has 0 atom stereocenters. The molecule has 1 aliphatic heterocycles. The van der Waals surface area contributed by atoms with Crippen molar-refractivity contribution in [2.24, 2.45) is 5.92 Å². The van der Waals surface area contributed by atoms with Gasteiger partial charge in [0.1, 0.15) is 0 Å². The third kappa shape index (κ3) is 5.14. The van der Waals surface area contributed by atoms with Gasteiger partial charge in [-0.2, -0.15) is 5.10 Å². The second-order valence-corrected chi connectivity index (χ2v) is 8.81. The van der Waals surface area contributed by atoms with Crippen LogP contribution in [0, 0.1) is 12.8 Å². The fourth-order valence-corrected chi connectivity index (χ4v) is 3.88. The molecule has 0 aliphatic carbocycles. The van der Waals surface area contributed by atoms with Crippen LogP contribution >= 0.6 is 0 Å². The summed E-state index contributed by atoms with van der Waals surface area (Å²) in [5, 5.41) is 7.37. The maximum Gasteiger partial charge on any atom is 0.208 e. The zero-order chi connectivity index (χ0) is 17.9. The van der Waals surface area contributed by atoms with Gasteiger partial charge in [0.15, 0.2) is 0 Å². The van der Waals surface area contributed by atoms with E-state index < -0.39 is 10.0 Å². The van der Waals surface area contributed by atoms with Crippen LogP contribution in [0.25, 0.3) is 11.3 Å². The summed E-state index contributed by atoms with van der Waals surface area (Å²) in [7, 11) is -3.09. The van der Waals surface area contributed by atoms with Crippen LogP contribution in [-0.2, 0) is 16.6 Å². The Hall–Kier alpha value is -1.70. The number of hydrogen-bond acceptors (Lipinski definition) is 4. The lowest BCUT2D eigenvalue weighted by atomic mass is 9.96. The van der Waals surface area contributed by atoms with Crippen LogP contribution in [0.1, 0.15) is 24.0 Å². The number of aromatic amines is 1. The molecule has 0 amide bonds. The molecule has 1 aromatic carbocycles.